The SMILES string of the molecule is Cc1ccc(C)c2[nH]c(=O)c(CN(CC3CCCO3)C(=O)Nc3ccccc3F)cc12. The quantitative estimate of drug-likeness (QED) is 0.635. The third kappa shape index (κ3) is 4.61. The molecule has 0 radical (unpaired) electrons. The Labute approximate surface area is 180 Å². The second-order valence-corrected chi connectivity index (χ2v) is 8.04. The lowest BCUT2D eigenvalue weighted by atomic mass is 10.0. The van der Waals surface area contributed by atoms with Crippen molar-refractivity contribution in [1.82, 2.24) is 9.88 Å². The lowest BCUT2D eigenvalue weighted by Gasteiger charge is -2.26. The van der Waals surface area contributed by atoms with E-state index < -0.39 is 11.8 Å². The Morgan fingerprint density at radius 3 is 2.74 bits per heavy atom. The summed E-state index contributed by atoms with van der Waals surface area (Å²) in [5.41, 5.74) is 3.16. The van der Waals surface area contributed by atoms with Crippen LogP contribution in [0.1, 0.15) is 29.5 Å². The van der Waals surface area contributed by atoms with Gasteiger partial charge in [0.15, 0.2) is 0 Å². The number of ether oxygens (including phenoxy) is 1. The molecule has 2 heterocycles. The van der Waals surface area contributed by atoms with E-state index in [4.69, 9.17) is 4.74 Å². The van der Waals surface area contributed by atoms with Gasteiger partial charge in [0.25, 0.3) is 5.56 Å². The standard InChI is InChI=1S/C24H26FN3O3/c1-15-9-10-16(2)22-19(15)12-17(23(29)27-22)13-28(14-18-6-5-11-31-18)24(30)26-21-8-4-3-7-20(21)25/h3-4,7-10,12,18H,5-6,11,13-14H2,1-2H3,(H,26,30)(H,27,29). The lowest BCUT2D eigenvalue weighted by Crippen LogP contribution is -2.41. The van der Waals surface area contributed by atoms with Crippen molar-refractivity contribution in [2.24, 2.45) is 0 Å². The molecule has 162 valence electrons. The lowest BCUT2D eigenvalue weighted by molar-refractivity contribution is 0.0818. The van der Waals surface area contributed by atoms with Crippen molar-refractivity contribution in [3.05, 3.63) is 75.3 Å². The number of carbonyl (C=O) groups excluding carboxylic acids is 1. The van der Waals surface area contributed by atoms with Crippen molar-refractivity contribution in [3.8, 4) is 0 Å². The Morgan fingerprint density at radius 2 is 2.00 bits per heavy atom. The summed E-state index contributed by atoms with van der Waals surface area (Å²) in [4.78, 5) is 30.3. The number of aromatic amines is 1. The number of amides is 2. The summed E-state index contributed by atoms with van der Waals surface area (Å²) in [5.74, 6) is -0.512. The summed E-state index contributed by atoms with van der Waals surface area (Å²) >= 11 is 0. The van der Waals surface area contributed by atoms with Gasteiger partial charge in [-0.1, -0.05) is 24.3 Å². The number of urea groups is 1. The number of para-hydroxylation sites is 1. The first-order valence-electron chi connectivity index (χ1n) is 10.5. The van der Waals surface area contributed by atoms with Crippen LogP contribution in [0.5, 0.6) is 0 Å². The smallest absolute Gasteiger partial charge is 0.322 e. The molecule has 31 heavy (non-hydrogen) atoms. The Bertz CT molecular complexity index is 1170. The fourth-order valence-corrected chi connectivity index (χ4v) is 3.95. The molecule has 0 aliphatic carbocycles. The number of nitrogens with one attached hydrogen (secondary N) is 2. The number of hydrogen-bond donors (Lipinski definition) is 2. The Kier molecular flexibility index (Phi) is 6.04. The molecule has 0 saturated carbocycles. The van der Waals surface area contributed by atoms with Gasteiger partial charge in [-0.25, -0.2) is 9.18 Å². The van der Waals surface area contributed by atoms with Crippen molar-refractivity contribution >= 4 is 22.6 Å². The highest BCUT2D eigenvalue weighted by molar-refractivity contribution is 5.89. The molecule has 6 nitrogen and oxygen atoms in total. The highest BCUT2D eigenvalue weighted by Gasteiger charge is 2.24. The molecule has 4 rings (SSSR count). The van der Waals surface area contributed by atoms with Crippen LogP contribution < -0.4 is 10.9 Å². The number of fused-ring (bicyclic) bond motifs is 1. The van der Waals surface area contributed by atoms with E-state index in [1.54, 1.807) is 12.1 Å². The molecule has 1 aromatic heterocycles. The Morgan fingerprint density at radius 1 is 1.23 bits per heavy atom. The molecule has 0 bridgehead atoms. The molecule has 7 heteroatoms. The highest BCUT2D eigenvalue weighted by atomic mass is 19.1. The van der Waals surface area contributed by atoms with Crippen molar-refractivity contribution in [2.75, 3.05) is 18.5 Å². The van der Waals surface area contributed by atoms with Crippen LogP contribution >= 0.6 is 0 Å². The van der Waals surface area contributed by atoms with Gasteiger partial charge >= 0.3 is 6.03 Å². The van der Waals surface area contributed by atoms with Crippen LogP contribution in [0.15, 0.2) is 47.3 Å². The number of rotatable bonds is 5. The van der Waals surface area contributed by atoms with Gasteiger partial charge in [-0.3, -0.25) is 4.79 Å². The second-order valence-electron chi connectivity index (χ2n) is 8.04. The van der Waals surface area contributed by atoms with Gasteiger partial charge < -0.3 is 19.9 Å². The summed E-state index contributed by atoms with van der Waals surface area (Å²) in [7, 11) is 0. The van der Waals surface area contributed by atoms with Crippen LogP contribution in [0.4, 0.5) is 14.9 Å². The zero-order valence-corrected chi connectivity index (χ0v) is 17.7. The highest BCUT2D eigenvalue weighted by Crippen LogP contribution is 2.22. The summed E-state index contributed by atoms with van der Waals surface area (Å²) in [6.07, 6.45) is 1.67. The second kappa shape index (κ2) is 8.89. The molecule has 1 fully saturated rings. The van der Waals surface area contributed by atoms with Crippen LogP contribution in [0.25, 0.3) is 10.9 Å². The molecule has 2 N–H and O–H groups in total. The van der Waals surface area contributed by atoms with Crippen LogP contribution in [-0.4, -0.2) is 35.2 Å². The summed E-state index contributed by atoms with van der Waals surface area (Å²) < 4.78 is 19.8. The number of nitrogens with zero attached hydrogens (tertiary/aromatic N) is 1. The molecule has 2 amide bonds. The average molecular weight is 423 g/mol. The minimum absolute atomic E-state index is 0.0960. The summed E-state index contributed by atoms with van der Waals surface area (Å²) in [6.45, 7) is 5.01. The molecule has 2 aromatic carbocycles. The molecular formula is C24H26FN3O3. The Hall–Kier alpha value is -3.19. The first-order chi connectivity index (χ1) is 14.9. The van der Waals surface area contributed by atoms with E-state index in [0.29, 0.717) is 18.7 Å². The number of pyridine rings is 1. The predicted molar refractivity (Wildman–Crippen MR) is 119 cm³/mol. The van der Waals surface area contributed by atoms with E-state index in [2.05, 4.69) is 10.3 Å². The monoisotopic (exact) mass is 423 g/mol. The van der Waals surface area contributed by atoms with Gasteiger partial charge in [-0.15, -0.1) is 0 Å². The molecule has 1 aliphatic rings. The maximum atomic E-state index is 14.1. The van der Waals surface area contributed by atoms with E-state index >= 15 is 0 Å². The zero-order valence-electron chi connectivity index (χ0n) is 17.7. The molecule has 0 spiro atoms. The number of aryl methyl sites for hydroxylation is 2. The molecule has 1 unspecified atom stereocenters. The van der Waals surface area contributed by atoms with Crippen molar-refractivity contribution in [1.29, 1.82) is 0 Å². The third-order valence-electron chi connectivity index (χ3n) is 5.73. The largest absolute Gasteiger partial charge is 0.376 e. The zero-order chi connectivity index (χ0) is 22.0. The van der Waals surface area contributed by atoms with Gasteiger partial charge in [-0.2, -0.15) is 0 Å². The van der Waals surface area contributed by atoms with Crippen molar-refractivity contribution in [2.45, 2.75) is 39.3 Å². The van der Waals surface area contributed by atoms with E-state index in [9.17, 15) is 14.0 Å². The van der Waals surface area contributed by atoms with Crippen LogP contribution in [-0.2, 0) is 11.3 Å². The summed E-state index contributed by atoms with van der Waals surface area (Å²) in [6, 6.07) is 11.4. The maximum absolute atomic E-state index is 14.1. The molecule has 1 aliphatic heterocycles. The van der Waals surface area contributed by atoms with Gasteiger partial charge in [0, 0.05) is 24.1 Å². The fourth-order valence-electron chi connectivity index (χ4n) is 3.95. The number of aromatic nitrogens is 1. The van der Waals surface area contributed by atoms with Crippen LogP contribution in [0, 0.1) is 19.7 Å². The number of benzene rings is 2. The van der Waals surface area contributed by atoms with E-state index in [0.717, 1.165) is 34.9 Å². The van der Waals surface area contributed by atoms with Gasteiger partial charge in [0.05, 0.1) is 23.9 Å². The number of H-pyrrole nitrogens is 1. The predicted octanol–water partition coefficient (Wildman–Crippen LogP) is 4.50. The number of anilines is 1. The minimum Gasteiger partial charge on any atom is -0.376 e. The molecular weight excluding hydrogens is 397 g/mol. The Balaban J connectivity index is 1.65. The third-order valence-corrected chi connectivity index (χ3v) is 5.73. The minimum atomic E-state index is -0.512. The van der Waals surface area contributed by atoms with Crippen LogP contribution in [0.2, 0.25) is 0 Å². The van der Waals surface area contributed by atoms with E-state index in [-0.39, 0.29) is 23.9 Å². The number of halogens is 1. The fraction of sp³-hybridized carbons (Fsp3) is 0.333. The topological polar surface area (TPSA) is 74.4 Å². The number of carbonyl (C=O) groups is 1. The first-order valence-corrected chi connectivity index (χ1v) is 10.5. The first kappa shape index (κ1) is 21.1. The number of hydrogen-bond acceptors (Lipinski definition) is 3. The maximum Gasteiger partial charge on any atom is 0.322 e. The molecule has 1 atom stereocenters. The molecule has 1 saturated heterocycles. The van der Waals surface area contributed by atoms with Crippen molar-refractivity contribution < 1.29 is 13.9 Å². The van der Waals surface area contributed by atoms with Gasteiger partial charge in [0.1, 0.15) is 5.82 Å². The van der Waals surface area contributed by atoms with E-state index in [1.165, 1.54) is 17.0 Å². The normalized spacial score (nSPS) is 15.9. The van der Waals surface area contributed by atoms with Crippen molar-refractivity contribution in [3.63, 3.8) is 0 Å². The van der Waals surface area contributed by atoms with Gasteiger partial charge in [0.2, 0.25) is 0 Å². The van der Waals surface area contributed by atoms with Crippen LogP contribution in [0.3, 0.4) is 0 Å². The average Bonchev–Trinajstić information content (AvgIpc) is 3.26. The molecule has 3 aromatic rings. The van der Waals surface area contributed by atoms with Gasteiger partial charge in [-0.05, 0) is 56.0 Å². The van der Waals surface area contributed by atoms with E-state index in [1.807, 2.05) is 32.0 Å². The summed E-state index contributed by atoms with van der Waals surface area (Å²) in [5, 5.41) is 3.57.